The smallest absolute Gasteiger partial charge is 0.512 e. The van der Waals surface area contributed by atoms with E-state index in [1.54, 1.807) is 6.20 Å². The molecule has 2 aromatic carbocycles. The van der Waals surface area contributed by atoms with E-state index < -0.39 is 0 Å². The molecular formula is C22H16BrCuN4. The van der Waals surface area contributed by atoms with Crippen LogP contribution < -0.4 is 0 Å². The largest absolute Gasteiger partial charge is 1.00 e. The second-order valence-electron chi connectivity index (χ2n) is 5.71. The fraction of sp³-hybridized carbons (Fsp3) is 0.0909. The molecule has 2 heterocycles. The average molecular weight is 480 g/mol. The van der Waals surface area contributed by atoms with E-state index in [4.69, 9.17) is 17.1 Å². The van der Waals surface area contributed by atoms with Crippen molar-refractivity contribution in [1.29, 1.82) is 10.5 Å². The van der Waals surface area contributed by atoms with Crippen molar-refractivity contribution < 1.29 is 17.1 Å². The summed E-state index contributed by atoms with van der Waals surface area (Å²) in [4.78, 5) is 8.49. The van der Waals surface area contributed by atoms with Gasteiger partial charge in [-0.05, 0) is 65.2 Å². The molecule has 0 aliphatic rings. The van der Waals surface area contributed by atoms with Crippen LogP contribution in [0.1, 0.15) is 16.7 Å². The van der Waals surface area contributed by atoms with Gasteiger partial charge in [0.15, 0.2) is 0 Å². The van der Waals surface area contributed by atoms with Gasteiger partial charge in [0.05, 0.1) is 16.6 Å². The molecule has 0 aliphatic carbocycles. The Kier molecular flexibility index (Phi) is 9.28. The Morgan fingerprint density at radius 1 is 0.821 bits per heavy atom. The number of nitrogens with zero attached hydrogens (tertiary/aromatic N) is 4. The van der Waals surface area contributed by atoms with E-state index in [0.29, 0.717) is 5.56 Å². The third-order valence-corrected chi connectivity index (χ3v) is 4.69. The molecular weight excluding hydrogens is 464 g/mol. The molecule has 4 aromatic rings. The van der Waals surface area contributed by atoms with Crippen molar-refractivity contribution in [2.75, 3.05) is 0 Å². The van der Waals surface area contributed by atoms with Gasteiger partial charge in [0.25, 0.3) is 0 Å². The minimum Gasteiger partial charge on any atom is -0.512 e. The Balaban J connectivity index is 0.000000250. The van der Waals surface area contributed by atoms with Crippen LogP contribution in [0.3, 0.4) is 0 Å². The number of hydrogen-bond acceptors (Lipinski definition) is 4. The molecule has 0 bridgehead atoms. The number of rotatable bonds is 0. The van der Waals surface area contributed by atoms with Crippen LogP contribution >= 0.6 is 15.9 Å². The zero-order chi connectivity index (χ0) is 19.8. The second-order valence-corrected chi connectivity index (χ2v) is 6.56. The summed E-state index contributed by atoms with van der Waals surface area (Å²) >= 11 is 3.47. The monoisotopic (exact) mass is 478 g/mol. The molecule has 6 heteroatoms. The fourth-order valence-electron chi connectivity index (χ4n) is 2.69. The van der Waals surface area contributed by atoms with Crippen molar-refractivity contribution in [1.82, 2.24) is 9.97 Å². The molecule has 0 spiro atoms. The average Bonchev–Trinajstić information content (AvgIpc) is 2.74. The topological polar surface area (TPSA) is 73.4 Å². The zero-order valence-corrected chi connectivity index (χ0v) is 17.8. The molecule has 28 heavy (non-hydrogen) atoms. The van der Waals surface area contributed by atoms with Gasteiger partial charge in [0, 0.05) is 27.6 Å². The van der Waals surface area contributed by atoms with Crippen molar-refractivity contribution in [3.63, 3.8) is 0 Å². The van der Waals surface area contributed by atoms with Gasteiger partial charge in [0.2, 0.25) is 0 Å². The van der Waals surface area contributed by atoms with Crippen LogP contribution in [0, 0.1) is 37.0 Å². The van der Waals surface area contributed by atoms with E-state index >= 15 is 0 Å². The van der Waals surface area contributed by atoms with Crippen LogP contribution in [0.5, 0.6) is 0 Å². The molecule has 0 aliphatic heterocycles. The molecule has 0 radical (unpaired) electrons. The quantitative estimate of drug-likeness (QED) is 0.235. The summed E-state index contributed by atoms with van der Waals surface area (Å²) in [5.74, 6) is 0. The molecule has 0 saturated heterocycles. The molecule has 0 N–H and O–H groups in total. The van der Waals surface area contributed by atoms with Crippen molar-refractivity contribution in [2.24, 2.45) is 0 Å². The maximum atomic E-state index is 8.84. The molecule has 0 fully saturated rings. The normalized spacial score (nSPS) is 9.14. The van der Waals surface area contributed by atoms with Crippen LogP contribution in [0.15, 0.2) is 65.4 Å². The third-order valence-electron chi connectivity index (χ3n) is 4.05. The third kappa shape index (κ3) is 5.15. The molecule has 0 saturated carbocycles. The summed E-state index contributed by atoms with van der Waals surface area (Å²) in [5, 5.41) is 17.4. The number of aromatic nitrogens is 2. The summed E-state index contributed by atoms with van der Waals surface area (Å²) in [6, 6.07) is 17.9. The van der Waals surface area contributed by atoms with E-state index in [9.17, 15) is 0 Å². The van der Waals surface area contributed by atoms with Gasteiger partial charge in [-0.2, -0.15) is 5.26 Å². The number of halogens is 1. The van der Waals surface area contributed by atoms with Gasteiger partial charge in [-0.25, -0.2) is 0 Å². The fourth-order valence-corrected chi connectivity index (χ4v) is 3.13. The Morgan fingerprint density at radius 3 is 1.86 bits per heavy atom. The predicted octanol–water partition coefficient (Wildman–Crippen LogP) is 5.81. The molecule has 4 rings (SSSR count). The van der Waals surface area contributed by atoms with Crippen LogP contribution in [-0.4, -0.2) is 9.97 Å². The van der Waals surface area contributed by atoms with Crippen LogP contribution in [0.4, 0.5) is 0 Å². The van der Waals surface area contributed by atoms with Gasteiger partial charge in [-0.15, -0.1) is 0 Å². The van der Waals surface area contributed by atoms with Crippen molar-refractivity contribution in [2.45, 2.75) is 13.8 Å². The number of aryl methyl sites for hydroxylation is 2. The summed E-state index contributed by atoms with van der Waals surface area (Å²) in [7, 11) is 0. The van der Waals surface area contributed by atoms with Crippen molar-refractivity contribution in [3.05, 3.63) is 88.7 Å². The van der Waals surface area contributed by atoms with Gasteiger partial charge < -0.3 is 11.8 Å². The number of hydrogen-bond donors (Lipinski definition) is 0. The molecule has 0 atom stereocenters. The van der Waals surface area contributed by atoms with Crippen molar-refractivity contribution >= 4 is 37.7 Å². The second kappa shape index (κ2) is 11.2. The first-order valence-electron chi connectivity index (χ1n) is 8.08. The molecule has 142 valence electrons. The minimum absolute atomic E-state index is 0. The van der Waals surface area contributed by atoms with Gasteiger partial charge in [0.1, 0.15) is 6.07 Å². The van der Waals surface area contributed by atoms with Crippen molar-refractivity contribution in [3.8, 4) is 6.07 Å². The number of pyridine rings is 2. The summed E-state index contributed by atoms with van der Waals surface area (Å²) in [6.45, 7) is 8.86. The molecule has 0 amide bonds. The first kappa shape index (κ1) is 23.3. The van der Waals surface area contributed by atoms with E-state index in [-0.39, 0.29) is 17.1 Å². The van der Waals surface area contributed by atoms with E-state index in [1.807, 2.05) is 49.5 Å². The maximum Gasteiger partial charge on any atom is 1.00 e. The van der Waals surface area contributed by atoms with E-state index in [2.05, 4.69) is 51.0 Å². The maximum absolute atomic E-state index is 8.84. The first-order chi connectivity index (χ1) is 13.1. The van der Waals surface area contributed by atoms with E-state index in [1.165, 1.54) is 10.9 Å². The Hall–Kier alpha value is -2.76. The van der Waals surface area contributed by atoms with Gasteiger partial charge in [-0.3, -0.25) is 9.97 Å². The molecule has 2 aromatic heterocycles. The Bertz CT molecular complexity index is 1110. The zero-order valence-electron chi connectivity index (χ0n) is 15.2. The number of nitriles is 1. The van der Waals surface area contributed by atoms with Crippen LogP contribution in [-0.2, 0) is 17.1 Å². The Morgan fingerprint density at radius 2 is 1.32 bits per heavy atom. The minimum atomic E-state index is 0. The Labute approximate surface area is 183 Å². The van der Waals surface area contributed by atoms with E-state index in [0.717, 1.165) is 26.5 Å². The summed E-state index contributed by atoms with van der Waals surface area (Å²) in [6.07, 6.45) is 3.52. The summed E-state index contributed by atoms with van der Waals surface area (Å²) in [5.41, 5.74) is 4.90. The number of benzene rings is 2. The van der Waals surface area contributed by atoms with Crippen LogP contribution in [0.25, 0.3) is 21.8 Å². The molecule has 0 unspecified atom stereocenters. The molecule has 4 nitrogen and oxygen atoms in total. The van der Waals surface area contributed by atoms with Gasteiger partial charge in [-0.1, -0.05) is 24.3 Å². The number of fused-ring (bicyclic) bond motifs is 2. The summed E-state index contributed by atoms with van der Waals surface area (Å²) < 4.78 is 1.06. The predicted molar refractivity (Wildman–Crippen MR) is 110 cm³/mol. The van der Waals surface area contributed by atoms with Gasteiger partial charge >= 0.3 is 17.1 Å². The SMILES string of the molecule is Cc1ccc(Br)c2ncccc12.Cc1ccc(C#N)c2ncccc12.[C-]#N.[Cu+]. The first-order valence-corrected chi connectivity index (χ1v) is 8.87. The van der Waals surface area contributed by atoms with Crippen LogP contribution in [0.2, 0.25) is 0 Å². The standard InChI is InChI=1S/C11H8N2.C10H8BrN.CN.Cu/c1-8-4-5-9(7-12)11-10(8)3-2-6-13-11;1-7-4-5-9(11)10-8(7)3-2-6-12-10;1-2;/h2-6H,1H3;2-6H,1H3;;/q;;-1;+1.